The molecule has 0 saturated carbocycles. The number of Topliss-reactive ketones (excluding diaryl/α,β-unsaturated/α-hetero) is 1. The van der Waals surface area contributed by atoms with Gasteiger partial charge in [0.2, 0.25) is 11.6 Å². The van der Waals surface area contributed by atoms with E-state index in [1.807, 2.05) is 34.6 Å². The Morgan fingerprint density at radius 1 is 1.05 bits per heavy atom. The number of rotatable bonds is 13. The standard InChI is InChI=1S/C31H47N7O3/c1-19(2)15-28(40)34-29(20(3)4)27(39)11-9-8-10-14-32-30-31-36-35-23(7)38(31)26-13-12-24(16-25(26)33-30)37-17-21(5)41-22(6)18-37/h12-13,16,19-22,29H,8-11,14-15,17-18H2,1-7H3,(H,32,33)(H,34,40)/t21-,22+,29-/m0/s1. The Bertz CT molecular complexity index is 1340. The minimum absolute atomic E-state index is 0.0460. The molecule has 0 radical (unpaired) electrons. The van der Waals surface area contributed by atoms with Crippen molar-refractivity contribution in [1.29, 1.82) is 0 Å². The van der Waals surface area contributed by atoms with Crippen LogP contribution in [0.25, 0.3) is 16.7 Å². The molecule has 1 aromatic carbocycles. The first-order valence-electron chi connectivity index (χ1n) is 15.1. The largest absolute Gasteiger partial charge is 0.372 e. The maximum Gasteiger partial charge on any atom is 0.220 e. The van der Waals surface area contributed by atoms with Crippen LogP contribution >= 0.6 is 0 Å². The van der Waals surface area contributed by atoms with Crippen LogP contribution < -0.4 is 15.5 Å². The molecule has 0 bridgehead atoms. The molecule has 2 aromatic heterocycles. The number of nitrogens with zero attached hydrogens (tertiary/aromatic N) is 5. The third kappa shape index (κ3) is 7.72. The number of aryl methyl sites for hydroxylation is 1. The Balaban J connectivity index is 1.36. The molecule has 0 aliphatic carbocycles. The SMILES string of the molecule is Cc1nnc2c(NCCCCCC(=O)[C@@H](NC(=O)CC(C)C)C(C)C)nc3cc(N4C[C@@H](C)O[C@@H](C)C4)ccc3n12. The highest BCUT2D eigenvalue weighted by Gasteiger charge is 2.25. The van der Waals surface area contributed by atoms with E-state index in [-0.39, 0.29) is 35.7 Å². The van der Waals surface area contributed by atoms with Gasteiger partial charge in [0.05, 0.1) is 29.3 Å². The predicted molar refractivity (Wildman–Crippen MR) is 163 cm³/mol. The summed E-state index contributed by atoms with van der Waals surface area (Å²) in [5.41, 5.74) is 3.71. The number of aromatic nitrogens is 4. The van der Waals surface area contributed by atoms with Gasteiger partial charge in [-0.1, -0.05) is 34.1 Å². The van der Waals surface area contributed by atoms with Crippen LogP contribution in [0.2, 0.25) is 0 Å². The number of ketones is 1. The van der Waals surface area contributed by atoms with Gasteiger partial charge in [-0.2, -0.15) is 0 Å². The minimum atomic E-state index is -0.417. The highest BCUT2D eigenvalue weighted by Crippen LogP contribution is 2.27. The number of nitrogens with one attached hydrogen (secondary N) is 2. The van der Waals surface area contributed by atoms with Crippen molar-refractivity contribution in [3.05, 3.63) is 24.0 Å². The molecule has 3 aromatic rings. The lowest BCUT2D eigenvalue weighted by Crippen LogP contribution is -2.45. The lowest BCUT2D eigenvalue weighted by atomic mass is 9.95. The molecular formula is C31H47N7O3. The topological polar surface area (TPSA) is 114 Å². The Hall–Kier alpha value is -3.27. The number of benzene rings is 1. The van der Waals surface area contributed by atoms with E-state index in [0.717, 1.165) is 54.9 Å². The van der Waals surface area contributed by atoms with Crippen molar-refractivity contribution < 1.29 is 14.3 Å². The first-order chi connectivity index (χ1) is 19.5. The number of morpholine rings is 1. The molecule has 1 amide bonds. The van der Waals surface area contributed by atoms with Crippen molar-refractivity contribution in [3.63, 3.8) is 0 Å². The smallest absolute Gasteiger partial charge is 0.220 e. The molecule has 224 valence electrons. The van der Waals surface area contributed by atoms with Gasteiger partial charge in [-0.3, -0.25) is 14.0 Å². The van der Waals surface area contributed by atoms with Gasteiger partial charge in [0.1, 0.15) is 5.82 Å². The van der Waals surface area contributed by atoms with Gasteiger partial charge < -0.3 is 20.3 Å². The van der Waals surface area contributed by atoms with E-state index in [9.17, 15) is 9.59 Å². The summed E-state index contributed by atoms with van der Waals surface area (Å²) in [6.07, 6.45) is 3.84. The molecule has 1 saturated heterocycles. The molecule has 0 spiro atoms. The fraction of sp³-hybridized carbons (Fsp3) is 0.645. The monoisotopic (exact) mass is 565 g/mol. The Labute approximate surface area is 243 Å². The number of anilines is 2. The zero-order valence-electron chi connectivity index (χ0n) is 25.7. The van der Waals surface area contributed by atoms with E-state index in [1.165, 1.54) is 0 Å². The van der Waals surface area contributed by atoms with Crippen molar-refractivity contribution in [2.24, 2.45) is 11.8 Å². The van der Waals surface area contributed by atoms with E-state index in [2.05, 4.69) is 62.2 Å². The normalized spacial score (nSPS) is 18.4. The van der Waals surface area contributed by atoms with Gasteiger partial charge in [0.15, 0.2) is 11.6 Å². The molecule has 3 heterocycles. The fourth-order valence-corrected chi connectivity index (χ4v) is 5.65. The van der Waals surface area contributed by atoms with Crippen molar-refractivity contribution in [1.82, 2.24) is 24.9 Å². The lowest BCUT2D eigenvalue weighted by Gasteiger charge is -2.36. The van der Waals surface area contributed by atoms with Crippen LogP contribution in [0, 0.1) is 18.8 Å². The Kier molecular flexibility index (Phi) is 10.2. The van der Waals surface area contributed by atoms with Gasteiger partial charge in [-0.25, -0.2) is 4.98 Å². The van der Waals surface area contributed by atoms with Gasteiger partial charge in [-0.15, -0.1) is 10.2 Å². The fourth-order valence-electron chi connectivity index (χ4n) is 5.65. The summed E-state index contributed by atoms with van der Waals surface area (Å²) >= 11 is 0. The van der Waals surface area contributed by atoms with Gasteiger partial charge in [0, 0.05) is 38.2 Å². The molecule has 41 heavy (non-hydrogen) atoms. The van der Waals surface area contributed by atoms with Gasteiger partial charge in [-0.05, 0) is 63.6 Å². The van der Waals surface area contributed by atoms with Crippen molar-refractivity contribution in [3.8, 4) is 0 Å². The van der Waals surface area contributed by atoms with E-state index in [1.54, 1.807) is 0 Å². The molecule has 10 heteroatoms. The molecule has 3 atom stereocenters. The van der Waals surface area contributed by atoms with Crippen molar-refractivity contribution >= 4 is 39.9 Å². The predicted octanol–water partition coefficient (Wildman–Crippen LogP) is 4.93. The Morgan fingerprint density at radius 3 is 2.46 bits per heavy atom. The van der Waals surface area contributed by atoms with E-state index in [0.29, 0.717) is 30.9 Å². The van der Waals surface area contributed by atoms with E-state index >= 15 is 0 Å². The van der Waals surface area contributed by atoms with Crippen molar-refractivity contribution in [2.75, 3.05) is 29.9 Å². The molecule has 10 nitrogen and oxygen atoms in total. The summed E-state index contributed by atoms with van der Waals surface area (Å²) < 4.78 is 7.97. The van der Waals surface area contributed by atoms with Crippen LogP contribution in [0.15, 0.2) is 18.2 Å². The van der Waals surface area contributed by atoms with Crippen LogP contribution in [0.1, 0.15) is 79.5 Å². The molecule has 1 aliphatic heterocycles. The number of amides is 1. The average molecular weight is 566 g/mol. The van der Waals surface area contributed by atoms with E-state index < -0.39 is 6.04 Å². The third-order valence-electron chi connectivity index (χ3n) is 7.57. The van der Waals surface area contributed by atoms with Crippen LogP contribution in [0.4, 0.5) is 11.5 Å². The first kappa shape index (κ1) is 30.7. The highest BCUT2D eigenvalue weighted by atomic mass is 16.5. The van der Waals surface area contributed by atoms with Crippen molar-refractivity contribution in [2.45, 2.75) is 98.8 Å². The summed E-state index contributed by atoms with van der Waals surface area (Å²) in [4.78, 5) is 32.4. The number of ether oxygens (including phenoxy) is 1. The Morgan fingerprint density at radius 2 is 1.78 bits per heavy atom. The number of carbonyl (C=O) groups is 2. The van der Waals surface area contributed by atoms with Crippen LogP contribution in [0.5, 0.6) is 0 Å². The van der Waals surface area contributed by atoms with Crippen LogP contribution in [0.3, 0.4) is 0 Å². The maximum absolute atomic E-state index is 12.8. The van der Waals surface area contributed by atoms with Crippen LogP contribution in [-0.2, 0) is 14.3 Å². The highest BCUT2D eigenvalue weighted by molar-refractivity contribution is 5.89. The zero-order chi connectivity index (χ0) is 29.7. The summed E-state index contributed by atoms with van der Waals surface area (Å²) in [7, 11) is 0. The second-order valence-electron chi connectivity index (χ2n) is 12.3. The zero-order valence-corrected chi connectivity index (χ0v) is 25.7. The third-order valence-corrected chi connectivity index (χ3v) is 7.57. The molecule has 1 fully saturated rings. The quantitative estimate of drug-likeness (QED) is 0.281. The van der Waals surface area contributed by atoms with E-state index in [4.69, 9.17) is 9.72 Å². The number of unbranched alkanes of at least 4 members (excludes halogenated alkanes) is 2. The molecule has 0 unspecified atom stereocenters. The maximum atomic E-state index is 12.8. The molecule has 4 rings (SSSR count). The molecular weight excluding hydrogens is 518 g/mol. The second kappa shape index (κ2) is 13.6. The number of hydrogen-bond acceptors (Lipinski definition) is 8. The first-order valence-corrected chi connectivity index (χ1v) is 15.1. The summed E-state index contributed by atoms with van der Waals surface area (Å²) in [5.74, 6) is 1.93. The van der Waals surface area contributed by atoms with Crippen LogP contribution in [-0.4, -0.2) is 69.2 Å². The number of fused-ring (bicyclic) bond motifs is 3. The average Bonchev–Trinajstić information content (AvgIpc) is 3.29. The summed E-state index contributed by atoms with van der Waals surface area (Å²) in [5, 5.41) is 15.1. The minimum Gasteiger partial charge on any atom is -0.372 e. The number of hydrogen-bond donors (Lipinski definition) is 2. The second-order valence-corrected chi connectivity index (χ2v) is 12.3. The van der Waals surface area contributed by atoms with Gasteiger partial charge in [0.25, 0.3) is 0 Å². The number of carbonyl (C=O) groups excluding carboxylic acids is 2. The van der Waals surface area contributed by atoms with Gasteiger partial charge >= 0.3 is 0 Å². The summed E-state index contributed by atoms with van der Waals surface area (Å²) in [6, 6.07) is 5.96. The molecule has 1 aliphatic rings. The summed E-state index contributed by atoms with van der Waals surface area (Å²) in [6.45, 7) is 16.6. The molecule has 2 N–H and O–H groups in total. The lowest BCUT2D eigenvalue weighted by molar-refractivity contribution is -0.129.